The van der Waals surface area contributed by atoms with Gasteiger partial charge in [-0.2, -0.15) is 0 Å². The summed E-state index contributed by atoms with van der Waals surface area (Å²) in [5.74, 6) is 0.697. The first-order valence-electron chi connectivity index (χ1n) is 24.8. The fourth-order valence-electron chi connectivity index (χ4n) is 7.75. The molecule has 0 aliphatic rings. The van der Waals surface area contributed by atoms with Crippen LogP contribution in [0.15, 0.2) is 12.1 Å². The summed E-state index contributed by atoms with van der Waals surface area (Å²) >= 11 is 0. The predicted molar refractivity (Wildman–Crippen MR) is 245 cm³/mol. The normalized spacial score (nSPS) is 11.6. The molecule has 0 radical (unpaired) electrons. The molecule has 0 aromatic heterocycles. The topological polar surface area (TPSA) is 78.9 Å². The minimum absolute atomic E-state index is 0.197. The van der Waals surface area contributed by atoms with Gasteiger partial charge < -0.3 is 14.2 Å². The molecule has 6 heteroatoms. The lowest BCUT2D eigenvalue weighted by Crippen LogP contribution is -2.21. The Morgan fingerprint density at radius 2 is 0.707 bits per heavy atom. The van der Waals surface area contributed by atoms with Crippen LogP contribution >= 0.6 is 0 Å². The lowest BCUT2D eigenvalue weighted by molar-refractivity contribution is 0.0446. The van der Waals surface area contributed by atoms with Crippen LogP contribution in [0.4, 0.5) is 0 Å². The van der Waals surface area contributed by atoms with Crippen LogP contribution in [-0.4, -0.2) is 37.7 Å². The van der Waals surface area contributed by atoms with Crippen LogP contribution in [-0.2, 0) is 20.6 Å². The molecule has 0 saturated heterocycles. The summed E-state index contributed by atoms with van der Waals surface area (Å²) in [6.07, 6.45) is 33.6. The van der Waals surface area contributed by atoms with Crippen LogP contribution in [0.25, 0.3) is 0 Å². The fraction of sp³-hybridized carbons (Fsp3) is 0.827. The molecular formula is C52H92O6. The number of ether oxygens (including phenoxy) is 3. The molecule has 0 atom stereocenters. The zero-order valence-electron chi connectivity index (χ0n) is 39.2. The first kappa shape index (κ1) is 53.6. The van der Waals surface area contributed by atoms with Crippen molar-refractivity contribution in [1.82, 2.24) is 0 Å². The second-order valence-electron chi connectivity index (χ2n) is 18.6. The molecule has 58 heavy (non-hydrogen) atoms. The van der Waals surface area contributed by atoms with E-state index in [2.05, 4.69) is 48.5 Å². The summed E-state index contributed by atoms with van der Waals surface area (Å²) in [7, 11) is 0. The Labute approximate surface area is 358 Å². The molecule has 0 heterocycles. The van der Waals surface area contributed by atoms with Crippen LogP contribution in [0.3, 0.4) is 0 Å². The lowest BCUT2D eigenvalue weighted by Gasteiger charge is -2.18. The van der Waals surface area contributed by atoms with Crippen LogP contribution in [0.2, 0.25) is 0 Å². The first-order valence-corrected chi connectivity index (χ1v) is 24.8. The van der Waals surface area contributed by atoms with E-state index in [0.29, 0.717) is 30.8 Å². The van der Waals surface area contributed by atoms with Gasteiger partial charge in [-0.05, 0) is 67.6 Å². The summed E-state index contributed by atoms with van der Waals surface area (Å²) in [5.41, 5.74) is 1.35. The Bertz CT molecular complexity index is 1170. The van der Waals surface area contributed by atoms with Crippen molar-refractivity contribution in [3.63, 3.8) is 0 Å². The third-order valence-corrected chi connectivity index (χ3v) is 11.5. The summed E-state index contributed by atoms with van der Waals surface area (Å²) in [6.45, 7) is 16.8. The molecule has 0 spiro atoms. The SMILES string of the molecule is CCCCCCCCCCCCCc1c(C(=O)OCCCCCCCC(C)C)ccc(C(=O)OCCCCCCCC(C)C)c1C(=O)OCCCCCCCC(C)C. The van der Waals surface area contributed by atoms with Gasteiger partial charge in [0.2, 0.25) is 0 Å². The second-order valence-corrected chi connectivity index (χ2v) is 18.6. The van der Waals surface area contributed by atoms with Crippen molar-refractivity contribution in [2.45, 2.75) is 241 Å². The zero-order chi connectivity index (χ0) is 42.6. The molecule has 1 aromatic rings. The number of unbranched alkanes of at least 4 members (excludes halogenated alkanes) is 22. The maximum absolute atomic E-state index is 14.0. The van der Waals surface area contributed by atoms with Gasteiger partial charge >= 0.3 is 17.9 Å². The number of esters is 3. The van der Waals surface area contributed by atoms with Crippen molar-refractivity contribution in [3.8, 4) is 0 Å². The zero-order valence-corrected chi connectivity index (χ0v) is 39.2. The highest BCUT2D eigenvalue weighted by molar-refractivity contribution is 6.07. The van der Waals surface area contributed by atoms with Crippen molar-refractivity contribution in [2.75, 3.05) is 19.8 Å². The van der Waals surface area contributed by atoms with Gasteiger partial charge in [0.25, 0.3) is 0 Å². The average Bonchev–Trinajstić information content (AvgIpc) is 3.18. The van der Waals surface area contributed by atoms with E-state index < -0.39 is 17.9 Å². The predicted octanol–water partition coefficient (Wildman–Crippen LogP) is 16.0. The van der Waals surface area contributed by atoms with Crippen LogP contribution in [0.1, 0.15) is 271 Å². The van der Waals surface area contributed by atoms with Crippen LogP contribution in [0, 0.1) is 17.8 Å². The minimum Gasteiger partial charge on any atom is -0.462 e. The van der Waals surface area contributed by atoms with Gasteiger partial charge in [-0.25, -0.2) is 14.4 Å². The Balaban J connectivity index is 3.10. The molecule has 0 amide bonds. The highest BCUT2D eigenvalue weighted by Crippen LogP contribution is 2.26. The van der Waals surface area contributed by atoms with E-state index in [1.54, 1.807) is 12.1 Å². The summed E-state index contributed by atoms with van der Waals surface area (Å²) in [6, 6.07) is 3.27. The molecule has 0 aliphatic carbocycles. The van der Waals surface area contributed by atoms with E-state index in [4.69, 9.17) is 14.2 Å². The molecule has 0 bridgehead atoms. The highest BCUT2D eigenvalue weighted by atomic mass is 16.5. The second kappa shape index (κ2) is 36.5. The van der Waals surface area contributed by atoms with Crippen LogP contribution in [0.5, 0.6) is 0 Å². The van der Waals surface area contributed by atoms with Gasteiger partial charge in [0.15, 0.2) is 0 Å². The average molecular weight is 813 g/mol. The standard InChI is InChI=1S/C52H92O6/c1-8-9-10-11-12-13-14-15-16-23-30-37-46-47(50(53)56-40-31-24-17-20-27-34-43(2)3)38-39-48(51(54)57-41-32-25-18-21-28-35-44(4)5)49(46)52(55)58-42-33-26-19-22-29-36-45(6)7/h38-39,43-45H,8-37,40-42H2,1-7H3. The van der Waals surface area contributed by atoms with Crippen molar-refractivity contribution < 1.29 is 28.6 Å². The van der Waals surface area contributed by atoms with Crippen LogP contribution < -0.4 is 0 Å². The van der Waals surface area contributed by atoms with Crippen molar-refractivity contribution in [1.29, 1.82) is 0 Å². The molecule has 0 fully saturated rings. The lowest BCUT2D eigenvalue weighted by atomic mass is 9.91. The largest absolute Gasteiger partial charge is 0.462 e. The number of hydrogen-bond acceptors (Lipinski definition) is 6. The van der Waals surface area contributed by atoms with Gasteiger partial charge in [0.1, 0.15) is 0 Å². The van der Waals surface area contributed by atoms with E-state index in [-0.39, 0.29) is 17.7 Å². The molecule has 0 unspecified atom stereocenters. The Kier molecular flexibility index (Phi) is 33.7. The van der Waals surface area contributed by atoms with E-state index in [0.717, 1.165) is 94.8 Å². The summed E-state index contributed by atoms with van der Waals surface area (Å²) in [4.78, 5) is 41.5. The van der Waals surface area contributed by atoms with E-state index in [9.17, 15) is 14.4 Å². The molecule has 0 saturated carbocycles. The number of rotatable bonds is 39. The van der Waals surface area contributed by atoms with Gasteiger partial charge in [-0.1, -0.05) is 209 Å². The summed E-state index contributed by atoms with van der Waals surface area (Å²) in [5, 5.41) is 0. The molecule has 336 valence electrons. The third-order valence-electron chi connectivity index (χ3n) is 11.5. The molecular weight excluding hydrogens is 721 g/mol. The Morgan fingerprint density at radius 1 is 0.397 bits per heavy atom. The number of carbonyl (C=O) groups excluding carboxylic acids is 3. The molecule has 0 N–H and O–H groups in total. The Morgan fingerprint density at radius 3 is 1.10 bits per heavy atom. The van der Waals surface area contributed by atoms with Gasteiger partial charge in [0.05, 0.1) is 36.5 Å². The van der Waals surface area contributed by atoms with Crippen molar-refractivity contribution >= 4 is 17.9 Å². The van der Waals surface area contributed by atoms with Gasteiger partial charge in [0, 0.05) is 0 Å². The van der Waals surface area contributed by atoms with Crippen molar-refractivity contribution in [2.24, 2.45) is 17.8 Å². The fourth-order valence-corrected chi connectivity index (χ4v) is 7.75. The third kappa shape index (κ3) is 28.2. The molecule has 0 aliphatic heterocycles. The van der Waals surface area contributed by atoms with Crippen molar-refractivity contribution in [3.05, 3.63) is 34.4 Å². The molecule has 6 nitrogen and oxygen atoms in total. The molecule has 1 rings (SSSR count). The number of carbonyl (C=O) groups is 3. The number of hydrogen-bond donors (Lipinski definition) is 0. The maximum Gasteiger partial charge on any atom is 0.339 e. The minimum atomic E-state index is -0.536. The van der Waals surface area contributed by atoms with E-state index >= 15 is 0 Å². The first-order chi connectivity index (χ1) is 28.1. The van der Waals surface area contributed by atoms with Gasteiger partial charge in [-0.3, -0.25) is 0 Å². The quantitative estimate of drug-likeness (QED) is 0.0374. The van der Waals surface area contributed by atoms with E-state index in [1.807, 2.05) is 0 Å². The summed E-state index contributed by atoms with van der Waals surface area (Å²) < 4.78 is 17.5. The Hall–Kier alpha value is -2.37. The van der Waals surface area contributed by atoms with E-state index in [1.165, 1.54) is 109 Å². The monoisotopic (exact) mass is 813 g/mol. The molecule has 1 aromatic carbocycles. The van der Waals surface area contributed by atoms with Gasteiger partial charge in [-0.15, -0.1) is 0 Å². The highest BCUT2D eigenvalue weighted by Gasteiger charge is 2.28. The maximum atomic E-state index is 14.0. The number of benzene rings is 1. The smallest absolute Gasteiger partial charge is 0.339 e.